The Morgan fingerprint density at radius 2 is 1.63 bits per heavy atom. The zero-order chi connectivity index (χ0) is 30.4. The molecule has 1 N–H and O–H groups in total. The monoisotopic (exact) mass is 599 g/mol. The van der Waals surface area contributed by atoms with Gasteiger partial charge in [0.2, 0.25) is 11.8 Å². The second-order valence-corrected chi connectivity index (χ2v) is 13.1. The van der Waals surface area contributed by atoms with Gasteiger partial charge < -0.3 is 15.0 Å². The highest BCUT2D eigenvalue weighted by atomic mass is 35.5. The van der Waals surface area contributed by atoms with E-state index in [-0.39, 0.29) is 17.3 Å². The van der Waals surface area contributed by atoms with Gasteiger partial charge in [-0.3, -0.25) is 13.9 Å². The topological polar surface area (TPSA) is 96.0 Å². The van der Waals surface area contributed by atoms with Gasteiger partial charge in [0.1, 0.15) is 18.3 Å². The van der Waals surface area contributed by atoms with Gasteiger partial charge in [-0.25, -0.2) is 8.42 Å². The fourth-order valence-electron chi connectivity index (χ4n) is 4.35. The Balaban J connectivity index is 2.07. The molecule has 0 spiro atoms. The van der Waals surface area contributed by atoms with Crippen LogP contribution in [0.2, 0.25) is 5.02 Å². The van der Waals surface area contributed by atoms with E-state index in [9.17, 15) is 18.0 Å². The first-order valence-corrected chi connectivity index (χ1v) is 15.2. The standard InChI is InChI=1S/C31H38ClN3O5S/c1-7-28(30(37)33-31(3,4)5)34(20-23-11-15-26(40-6)16-12-23)29(36)21-35(25-10-8-9-22(2)19-25)41(38,39)27-17-13-24(32)14-18-27/h8-19,28H,7,20-21H2,1-6H3,(H,33,37)/t28-/m1/s1. The highest BCUT2D eigenvalue weighted by Gasteiger charge is 2.34. The maximum atomic E-state index is 14.1. The summed E-state index contributed by atoms with van der Waals surface area (Å²) in [5.41, 5.74) is 1.41. The van der Waals surface area contributed by atoms with Crippen LogP contribution in [0.3, 0.4) is 0 Å². The van der Waals surface area contributed by atoms with E-state index in [4.69, 9.17) is 16.3 Å². The van der Waals surface area contributed by atoms with E-state index in [0.717, 1.165) is 15.4 Å². The van der Waals surface area contributed by atoms with Gasteiger partial charge in [0.15, 0.2) is 0 Å². The van der Waals surface area contributed by atoms with E-state index in [2.05, 4.69) is 5.32 Å². The van der Waals surface area contributed by atoms with E-state index < -0.39 is 34.1 Å². The molecule has 0 aliphatic carbocycles. The summed E-state index contributed by atoms with van der Waals surface area (Å²) in [5.74, 6) is -0.177. The number of carbonyl (C=O) groups is 2. The Labute approximate surface area is 248 Å². The minimum Gasteiger partial charge on any atom is -0.497 e. The van der Waals surface area contributed by atoms with Crippen molar-refractivity contribution in [3.63, 3.8) is 0 Å². The summed E-state index contributed by atoms with van der Waals surface area (Å²) in [7, 11) is -2.60. The van der Waals surface area contributed by atoms with Gasteiger partial charge in [-0.1, -0.05) is 42.8 Å². The summed E-state index contributed by atoms with van der Waals surface area (Å²) >= 11 is 6.01. The summed E-state index contributed by atoms with van der Waals surface area (Å²) in [5, 5.41) is 3.36. The van der Waals surface area contributed by atoms with Crippen molar-refractivity contribution in [2.24, 2.45) is 0 Å². The number of rotatable bonds is 11. The predicted octanol–water partition coefficient (Wildman–Crippen LogP) is 5.57. The van der Waals surface area contributed by atoms with Crippen LogP contribution in [0.5, 0.6) is 5.75 Å². The Morgan fingerprint density at radius 3 is 2.17 bits per heavy atom. The number of benzene rings is 3. The first-order chi connectivity index (χ1) is 19.2. The molecule has 3 rings (SSSR count). The lowest BCUT2D eigenvalue weighted by atomic mass is 10.1. The summed E-state index contributed by atoms with van der Waals surface area (Å²) in [6.07, 6.45) is 0.332. The fraction of sp³-hybridized carbons (Fsp3) is 0.355. The number of aryl methyl sites for hydroxylation is 1. The molecule has 0 saturated carbocycles. The zero-order valence-electron chi connectivity index (χ0n) is 24.3. The van der Waals surface area contributed by atoms with Crippen molar-refractivity contribution in [1.82, 2.24) is 10.2 Å². The zero-order valence-corrected chi connectivity index (χ0v) is 25.9. The summed E-state index contributed by atoms with van der Waals surface area (Å²) in [6, 6.07) is 19.1. The molecule has 0 saturated heterocycles. The number of hydrogen-bond donors (Lipinski definition) is 1. The number of sulfonamides is 1. The van der Waals surface area contributed by atoms with Crippen LogP contribution in [0.15, 0.2) is 77.7 Å². The van der Waals surface area contributed by atoms with Crippen LogP contribution in [0.1, 0.15) is 45.2 Å². The molecule has 0 unspecified atom stereocenters. The van der Waals surface area contributed by atoms with Crippen molar-refractivity contribution >= 4 is 39.1 Å². The number of hydrogen-bond acceptors (Lipinski definition) is 5. The Morgan fingerprint density at radius 1 is 1.00 bits per heavy atom. The third-order valence-electron chi connectivity index (χ3n) is 6.37. The minimum atomic E-state index is -4.17. The van der Waals surface area contributed by atoms with Gasteiger partial charge in [-0.15, -0.1) is 0 Å². The maximum absolute atomic E-state index is 14.1. The first-order valence-electron chi connectivity index (χ1n) is 13.3. The molecule has 0 aliphatic rings. The van der Waals surface area contributed by atoms with E-state index in [1.165, 1.54) is 29.2 Å². The van der Waals surface area contributed by atoms with E-state index in [1.807, 2.05) is 52.8 Å². The number of halogens is 1. The molecule has 0 bridgehead atoms. The van der Waals surface area contributed by atoms with Crippen molar-refractivity contribution in [3.8, 4) is 5.75 Å². The normalized spacial score (nSPS) is 12.4. The van der Waals surface area contributed by atoms with Crippen LogP contribution in [-0.4, -0.2) is 50.4 Å². The molecule has 220 valence electrons. The van der Waals surface area contributed by atoms with Crippen LogP contribution in [0.4, 0.5) is 5.69 Å². The molecule has 8 nitrogen and oxygen atoms in total. The molecule has 41 heavy (non-hydrogen) atoms. The second-order valence-electron chi connectivity index (χ2n) is 10.8. The number of nitrogens with zero attached hydrogens (tertiary/aromatic N) is 2. The number of nitrogens with one attached hydrogen (secondary N) is 1. The minimum absolute atomic E-state index is 0.00423. The van der Waals surface area contributed by atoms with Crippen molar-refractivity contribution in [3.05, 3.63) is 88.9 Å². The lowest BCUT2D eigenvalue weighted by Gasteiger charge is -2.34. The molecular formula is C31H38ClN3O5S. The summed E-state index contributed by atoms with van der Waals surface area (Å²) in [6.45, 7) is 8.86. The molecule has 0 radical (unpaired) electrons. The molecule has 0 heterocycles. The average molecular weight is 600 g/mol. The molecule has 3 aromatic rings. The molecule has 10 heteroatoms. The Hall–Kier alpha value is -3.56. The van der Waals surface area contributed by atoms with Gasteiger partial charge in [-0.05, 0) is 93.8 Å². The number of methoxy groups -OCH3 is 1. The van der Waals surface area contributed by atoms with Crippen LogP contribution >= 0.6 is 11.6 Å². The Kier molecular flexibility index (Phi) is 10.4. The van der Waals surface area contributed by atoms with Crippen molar-refractivity contribution < 1.29 is 22.7 Å². The molecule has 0 fully saturated rings. The maximum Gasteiger partial charge on any atom is 0.264 e. The van der Waals surface area contributed by atoms with Gasteiger partial charge in [0.05, 0.1) is 17.7 Å². The van der Waals surface area contributed by atoms with Gasteiger partial charge >= 0.3 is 0 Å². The van der Waals surface area contributed by atoms with Gasteiger partial charge in [-0.2, -0.15) is 0 Å². The van der Waals surface area contributed by atoms with Crippen LogP contribution in [0.25, 0.3) is 0 Å². The van der Waals surface area contributed by atoms with E-state index >= 15 is 0 Å². The Bertz CT molecular complexity index is 1450. The molecule has 1 atom stereocenters. The average Bonchev–Trinajstić information content (AvgIpc) is 2.91. The van der Waals surface area contributed by atoms with Gasteiger partial charge in [0, 0.05) is 17.1 Å². The van der Waals surface area contributed by atoms with Crippen molar-refractivity contribution in [2.45, 2.75) is 64.1 Å². The van der Waals surface area contributed by atoms with Crippen molar-refractivity contribution in [2.75, 3.05) is 18.0 Å². The smallest absolute Gasteiger partial charge is 0.264 e. The van der Waals surface area contributed by atoms with Crippen LogP contribution in [0, 0.1) is 6.92 Å². The van der Waals surface area contributed by atoms with Gasteiger partial charge in [0.25, 0.3) is 10.0 Å². The molecule has 2 amide bonds. The quantitative estimate of drug-likeness (QED) is 0.311. The van der Waals surface area contributed by atoms with E-state index in [1.54, 1.807) is 37.4 Å². The largest absolute Gasteiger partial charge is 0.497 e. The number of anilines is 1. The highest BCUT2D eigenvalue weighted by molar-refractivity contribution is 7.92. The third-order valence-corrected chi connectivity index (χ3v) is 8.41. The fourth-order valence-corrected chi connectivity index (χ4v) is 5.88. The predicted molar refractivity (Wildman–Crippen MR) is 163 cm³/mol. The molecular weight excluding hydrogens is 562 g/mol. The van der Waals surface area contributed by atoms with Crippen LogP contribution in [-0.2, 0) is 26.2 Å². The second kappa shape index (κ2) is 13.4. The summed E-state index contributed by atoms with van der Waals surface area (Å²) < 4.78 is 34.2. The number of carbonyl (C=O) groups excluding carboxylic acids is 2. The highest BCUT2D eigenvalue weighted by Crippen LogP contribution is 2.27. The van der Waals surface area contributed by atoms with E-state index in [0.29, 0.717) is 22.9 Å². The molecule has 0 aliphatic heterocycles. The lowest BCUT2D eigenvalue weighted by Crippen LogP contribution is -2.55. The SMILES string of the molecule is CC[C@H](C(=O)NC(C)(C)C)N(Cc1ccc(OC)cc1)C(=O)CN(c1cccc(C)c1)S(=O)(=O)c1ccc(Cl)cc1. The molecule has 0 aromatic heterocycles. The van der Waals surface area contributed by atoms with Crippen molar-refractivity contribution in [1.29, 1.82) is 0 Å². The first kappa shape index (κ1) is 32.0. The number of amides is 2. The van der Waals surface area contributed by atoms with Crippen LogP contribution < -0.4 is 14.4 Å². The lowest BCUT2D eigenvalue weighted by molar-refractivity contribution is -0.141. The molecule has 3 aromatic carbocycles. The third kappa shape index (κ3) is 8.47. The number of ether oxygens (including phenoxy) is 1. The summed E-state index contributed by atoms with van der Waals surface area (Å²) in [4.78, 5) is 29.0.